The summed E-state index contributed by atoms with van der Waals surface area (Å²) >= 11 is 5.99. The number of carbonyl (C=O) groups excluding carboxylic acids is 2. The van der Waals surface area contributed by atoms with E-state index in [1.54, 1.807) is 31.2 Å². The number of aryl methyl sites for hydroxylation is 1. The molecule has 1 N–H and O–H groups in total. The van der Waals surface area contributed by atoms with Crippen LogP contribution in [0.4, 0.5) is 4.39 Å². The number of carbonyl (C=O) groups is 2. The summed E-state index contributed by atoms with van der Waals surface area (Å²) in [5, 5.41) is 3.63. The molecule has 0 aromatic heterocycles. The molecule has 0 unspecified atom stereocenters. The van der Waals surface area contributed by atoms with Crippen molar-refractivity contribution in [2.24, 2.45) is 5.41 Å². The van der Waals surface area contributed by atoms with Gasteiger partial charge in [0.15, 0.2) is 12.4 Å². The van der Waals surface area contributed by atoms with Gasteiger partial charge in [0.25, 0.3) is 5.91 Å². The number of ketones is 1. The maximum Gasteiger partial charge on any atom is 0.258 e. The second-order valence-electron chi connectivity index (χ2n) is 9.30. The van der Waals surface area contributed by atoms with E-state index in [2.05, 4.69) is 5.32 Å². The van der Waals surface area contributed by atoms with Crippen LogP contribution in [-0.2, 0) is 9.59 Å². The normalized spacial score (nSPS) is 24.8. The monoisotopic (exact) mass is 455 g/mol. The Balaban J connectivity index is 1.11. The molecule has 7 heteroatoms. The molecular formula is C25H23ClFNO4. The highest BCUT2D eigenvalue weighted by Crippen LogP contribution is 2.69. The predicted octanol–water partition coefficient (Wildman–Crippen LogP) is 4.64. The molecule has 0 radical (unpaired) electrons. The third-order valence-corrected chi connectivity index (χ3v) is 6.88. The maximum absolute atomic E-state index is 13.6. The lowest BCUT2D eigenvalue weighted by molar-refractivity contribution is -0.171. The van der Waals surface area contributed by atoms with E-state index in [1.807, 2.05) is 12.1 Å². The lowest BCUT2D eigenvalue weighted by Gasteiger charge is -2.70. The van der Waals surface area contributed by atoms with Crippen LogP contribution in [0.3, 0.4) is 0 Å². The van der Waals surface area contributed by atoms with Crippen molar-refractivity contribution in [2.45, 2.75) is 38.1 Å². The SMILES string of the molecule is Cc1ccc(OCC(=O)NC23CC(CC(=O)C4=Cc5ccc(Cl)cc5OC4)(C2)C3)cc1F. The number of halogens is 2. The summed E-state index contributed by atoms with van der Waals surface area (Å²) in [7, 11) is 0. The van der Waals surface area contributed by atoms with Gasteiger partial charge in [0.1, 0.15) is 23.9 Å². The number of hydrogen-bond acceptors (Lipinski definition) is 4. The highest BCUT2D eigenvalue weighted by molar-refractivity contribution is 6.30. The lowest BCUT2D eigenvalue weighted by atomic mass is 9.38. The van der Waals surface area contributed by atoms with Crippen molar-refractivity contribution in [3.8, 4) is 11.5 Å². The van der Waals surface area contributed by atoms with E-state index in [0.29, 0.717) is 34.1 Å². The summed E-state index contributed by atoms with van der Waals surface area (Å²) < 4.78 is 24.7. The Hall–Kier alpha value is -2.86. The zero-order valence-electron chi connectivity index (χ0n) is 17.7. The van der Waals surface area contributed by atoms with Crippen LogP contribution in [0.5, 0.6) is 11.5 Å². The van der Waals surface area contributed by atoms with Crippen LogP contribution in [0.25, 0.3) is 6.08 Å². The van der Waals surface area contributed by atoms with Crippen LogP contribution >= 0.6 is 11.6 Å². The van der Waals surface area contributed by atoms with E-state index in [1.165, 1.54) is 6.07 Å². The standard InChI is InChI=1S/C25H23ClFNO4/c1-15-2-5-19(8-20(15)27)31-11-23(30)28-25-12-24(13-25,14-25)9-21(29)17-6-16-3-4-18(26)7-22(16)32-10-17/h2-8H,9-14H2,1H3,(H,28,30). The molecule has 3 fully saturated rings. The van der Waals surface area contributed by atoms with E-state index >= 15 is 0 Å². The van der Waals surface area contributed by atoms with Gasteiger partial charge >= 0.3 is 0 Å². The summed E-state index contributed by atoms with van der Waals surface area (Å²) in [5.74, 6) is 0.519. The minimum Gasteiger partial charge on any atom is -0.488 e. The van der Waals surface area contributed by atoms with Crippen molar-refractivity contribution in [3.63, 3.8) is 0 Å². The maximum atomic E-state index is 13.6. The first-order valence-electron chi connectivity index (χ1n) is 10.6. The zero-order chi connectivity index (χ0) is 22.5. The second kappa shape index (κ2) is 7.62. The minimum absolute atomic E-state index is 0.0353. The Morgan fingerprint density at radius 3 is 2.72 bits per heavy atom. The molecule has 1 heterocycles. The molecule has 4 aliphatic rings. The van der Waals surface area contributed by atoms with Crippen LogP contribution in [0, 0.1) is 18.2 Å². The van der Waals surface area contributed by atoms with Gasteiger partial charge in [0.2, 0.25) is 0 Å². The number of benzene rings is 2. The third kappa shape index (κ3) is 3.88. The molecule has 6 rings (SSSR count). The molecule has 0 spiro atoms. The molecular weight excluding hydrogens is 433 g/mol. The number of ether oxygens (including phenoxy) is 2. The average molecular weight is 456 g/mol. The van der Waals surface area contributed by atoms with Crippen LogP contribution < -0.4 is 14.8 Å². The molecule has 3 aliphatic carbocycles. The molecule has 1 aliphatic heterocycles. The lowest BCUT2D eigenvalue weighted by Crippen LogP contribution is -2.75. The van der Waals surface area contributed by atoms with E-state index in [9.17, 15) is 14.0 Å². The fourth-order valence-electron chi connectivity index (χ4n) is 5.21. The highest BCUT2D eigenvalue weighted by Gasteiger charge is 2.68. The highest BCUT2D eigenvalue weighted by atomic mass is 35.5. The molecule has 3 saturated carbocycles. The summed E-state index contributed by atoms with van der Waals surface area (Å²) in [6, 6.07) is 9.92. The van der Waals surface area contributed by atoms with Gasteiger partial charge in [0, 0.05) is 34.2 Å². The smallest absolute Gasteiger partial charge is 0.258 e. The summed E-state index contributed by atoms with van der Waals surface area (Å²) in [6.07, 6.45) is 4.71. The Labute approximate surface area is 190 Å². The van der Waals surface area contributed by atoms with Crippen molar-refractivity contribution in [2.75, 3.05) is 13.2 Å². The molecule has 0 saturated heterocycles. The molecule has 2 aromatic carbocycles. The molecule has 2 bridgehead atoms. The second-order valence-corrected chi connectivity index (χ2v) is 9.74. The molecule has 2 aromatic rings. The first-order valence-corrected chi connectivity index (χ1v) is 11.0. The summed E-state index contributed by atoms with van der Waals surface area (Å²) in [6.45, 7) is 1.76. The summed E-state index contributed by atoms with van der Waals surface area (Å²) in [5.41, 5.74) is 1.78. The number of nitrogens with one attached hydrogen (secondary N) is 1. The predicted molar refractivity (Wildman–Crippen MR) is 118 cm³/mol. The fraction of sp³-hybridized carbons (Fsp3) is 0.360. The van der Waals surface area contributed by atoms with E-state index in [0.717, 1.165) is 24.8 Å². The van der Waals surface area contributed by atoms with Gasteiger partial charge < -0.3 is 14.8 Å². The van der Waals surface area contributed by atoms with Gasteiger partial charge in [-0.25, -0.2) is 4.39 Å². The van der Waals surface area contributed by atoms with Crippen molar-refractivity contribution >= 4 is 29.4 Å². The van der Waals surface area contributed by atoms with E-state index in [4.69, 9.17) is 21.1 Å². The minimum atomic E-state index is -0.361. The quantitative estimate of drug-likeness (QED) is 0.660. The molecule has 5 nitrogen and oxygen atoms in total. The third-order valence-electron chi connectivity index (χ3n) is 6.64. The van der Waals surface area contributed by atoms with E-state index < -0.39 is 0 Å². The van der Waals surface area contributed by atoms with Gasteiger partial charge in [-0.1, -0.05) is 17.7 Å². The van der Waals surface area contributed by atoms with Gasteiger partial charge in [-0.2, -0.15) is 0 Å². The van der Waals surface area contributed by atoms with Crippen LogP contribution in [-0.4, -0.2) is 30.4 Å². The topological polar surface area (TPSA) is 64.6 Å². The zero-order valence-corrected chi connectivity index (χ0v) is 18.4. The van der Waals surface area contributed by atoms with Gasteiger partial charge in [-0.05, 0) is 67.5 Å². The van der Waals surface area contributed by atoms with Crippen molar-refractivity contribution in [3.05, 3.63) is 63.9 Å². The van der Waals surface area contributed by atoms with Gasteiger partial charge in [0.05, 0.1) is 0 Å². The van der Waals surface area contributed by atoms with Crippen molar-refractivity contribution in [1.29, 1.82) is 0 Å². The molecule has 1 amide bonds. The first kappa shape index (κ1) is 21.0. The average Bonchev–Trinajstić information content (AvgIpc) is 2.71. The van der Waals surface area contributed by atoms with Crippen molar-refractivity contribution < 1.29 is 23.5 Å². The van der Waals surface area contributed by atoms with Crippen molar-refractivity contribution in [1.82, 2.24) is 5.32 Å². The Morgan fingerprint density at radius 1 is 1.19 bits per heavy atom. The fourth-order valence-corrected chi connectivity index (χ4v) is 5.38. The first-order chi connectivity index (χ1) is 15.2. The van der Waals surface area contributed by atoms with Gasteiger partial charge in [-0.3, -0.25) is 9.59 Å². The Morgan fingerprint density at radius 2 is 1.97 bits per heavy atom. The molecule has 166 valence electrons. The van der Waals surface area contributed by atoms with Crippen LogP contribution in [0.1, 0.15) is 36.8 Å². The number of rotatable bonds is 7. The van der Waals surface area contributed by atoms with Gasteiger partial charge in [-0.15, -0.1) is 0 Å². The number of Topliss-reactive ketones (excluding diaryl/α,β-unsaturated/α-hetero) is 1. The largest absolute Gasteiger partial charge is 0.488 e. The van der Waals surface area contributed by atoms with E-state index in [-0.39, 0.29) is 41.7 Å². The Kier molecular flexibility index (Phi) is 5.01. The number of hydrogen-bond donors (Lipinski definition) is 1. The number of amides is 1. The Bertz CT molecular complexity index is 1140. The molecule has 0 atom stereocenters. The van der Waals surface area contributed by atoms with Crippen LogP contribution in [0.15, 0.2) is 42.0 Å². The number of fused-ring (bicyclic) bond motifs is 1. The molecule has 32 heavy (non-hydrogen) atoms. The summed E-state index contributed by atoms with van der Waals surface area (Å²) in [4.78, 5) is 25.1. The van der Waals surface area contributed by atoms with Crippen LogP contribution in [0.2, 0.25) is 5.02 Å².